The monoisotopic (exact) mass is 218 g/mol. The molecule has 0 saturated carbocycles. The number of Topliss-reactive ketones (excluding diaryl/α,β-unsaturated/α-hetero) is 2. The zero-order valence-electron chi connectivity index (χ0n) is 10.3. The first-order chi connectivity index (χ1) is 7.41. The first-order valence-electron chi connectivity index (χ1n) is 5.52. The highest BCUT2D eigenvalue weighted by Crippen LogP contribution is 2.16. The van der Waals surface area contributed by atoms with Crippen LogP contribution in [0, 0.1) is 19.8 Å². The summed E-state index contributed by atoms with van der Waals surface area (Å²) in [7, 11) is 0. The van der Waals surface area contributed by atoms with Crippen LogP contribution in [0.2, 0.25) is 0 Å². The van der Waals surface area contributed by atoms with E-state index in [-0.39, 0.29) is 17.5 Å². The molecule has 1 aromatic rings. The van der Waals surface area contributed by atoms with Crippen molar-refractivity contribution in [2.45, 2.75) is 34.1 Å². The number of aryl methyl sites for hydroxylation is 2. The summed E-state index contributed by atoms with van der Waals surface area (Å²) < 4.78 is 0. The molecule has 0 N–H and O–H groups in total. The summed E-state index contributed by atoms with van der Waals surface area (Å²) in [6, 6.07) is 5.68. The Morgan fingerprint density at radius 1 is 1.19 bits per heavy atom. The van der Waals surface area contributed by atoms with Crippen LogP contribution in [-0.2, 0) is 4.79 Å². The van der Waals surface area contributed by atoms with Gasteiger partial charge in [-0.2, -0.15) is 0 Å². The molecule has 86 valence electrons. The molecule has 0 fully saturated rings. The highest BCUT2D eigenvalue weighted by Gasteiger charge is 2.16. The van der Waals surface area contributed by atoms with Crippen LogP contribution in [0.15, 0.2) is 18.2 Å². The van der Waals surface area contributed by atoms with Gasteiger partial charge in [0.25, 0.3) is 0 Å². The molecule has 2 heteroatoms. The average molecular weight is 218 g/mol. The van der Waals surface area contributed by atoms with Crippen LogP contribution in [-0.4, -0.2) is 11.6 Å². The molecule has 1 unspecified atom stereocenters. The van der Waals surface area contributed by atoms with E-state index in [0.29, 0.717) is 12.0 Å². The molecule has 0 saturated heterocycles. The van der Waals surface area contributed by atoms with Gasteiger partial charge in [-0.1, -0.05) is 19.1 Å². The maximum Gasteiger partial charge on any atom is 0.166 e. The van der Waals surface area contributed by atoms with E-state index in [9.17, 15) is 9.59 Å². The first-order valence-corrected chi connectivity index (χ1v) is 5.52. The van der Waals surface area contributed by atoms with Crippen molar-refractivity contribution in [2.75, 3.05) is 0 Å². The predicted octanol–water partition coefficient (Wildman–Crippen LogP) is 3.10. The largest absolute Gasteiger partial charge is 0.300 e. The van der Waals surface area contributed by atoms with Gasteiger partial charge < -0.3 is 4.79 Å². The SMILES string of the molecule is CC(=O)CC(C)C(=O)c1ccc(C)c(C)c1. The van der Waals surface area contributed by atoms with Crippen molar-refractivity contribution in [1.29, 1.82) is 0 Å². The number of hydrogen-bond acceptors (Lipinski definition) is 2. The number of hydrogen-bond donors (Lipinski definition) is 0. The third-order valence-electron chi connectivity index (χ3n) is 2.83. The summed E-state index contributed by atoms with van der Waals surface area (Å²) in [5.74, 6) is -0.109. The number of rotatable bonds is 4. The Balaban J connectivity index is 2.88. The number of carbonyl (C=O) groups is 2. The summed E-state index contributed by atoms with van der Waals surface area (Å²) >= 11 is 0. The van der Waals surface area contributed by atoms with E-state index in [4.69, 9.17) is 0 Å². The van der Waals surface area contributed by atoms with Gasteiger partial charge in [0, 0.05) is 17.9 Å². The van der Waals surface area contributed by atoms with Crippen molar-refractivity contribution in [3.63, 3.8) is 0 Å². The van der Waals surface area contributed by atoms with Crippen LogP contribution in [0.3, 0.4) is 0 Å². The van der Waals surface area contributed by atoms with E-state index in [2.05, 4.69) is 0 Å². The van der Waals surface area contributed by atoms with Crippen molar-refractivity contribution in [1.82, 2.24) is 0 Å². The fourth-order valence-corrected chi connectivity index (χ4v) is 1.70. The van der Waals surface area contributed by atoms with Crippen LogP contribution in [0.25, 0.3) is 0 Å². The minimum Gasteiger partial charge on any atom is -0.300 e. The molecule has 0 radical (unpaired) electrons. The maximum atomic E-state index is 12.0. The van der Waals surface area contributed by atoms with Crippen molar-refractivity contribution in [3.8, 4) is 0 Å². The molecule has 1 atom stereocenters. The molecule has 0 spiro atoms. The Hall–Kier alpha value is -1.44. The molecular formula is C14H18O2. The van der Waals surface area contributed by atoms with Crippen molar-refractivity contribution >= 4 is 11.6 Å². The van der Waals surface area contributed by atoms with Crippen LogP contribution in [0.1, 0.15) is 41.8 Å². The summed E-state index contributed by atoms with van der Waals surface area (Å²) in [4.78, 5) is 23.0. The lowest BCUT2D eigenvalue weighted by Crippen LogP contribution is -2.14. The van der Waals surface area contributed by atoms with E-state index >= 15 is 0 Å². The average Bonchev–Trinajstić information content (AvgIpc) is 2.20. The topological polar surface area (TPSA) is 34.1 Å². The van der Waals surface area contributed by atoms with E-state index < -0.39 is 0 Å². The van der Waals surface area contributed by atoms with E-state index in [1.165, 1.54) is 12.5 Å². The van der Waals surface area contributed by atoms with Crippen molar-refractivity contribution in [2.24, 2.45) is 5.92 Å². The number of benzene rings is 1. The second kappa shape index (κ2) is 5.06. The minimum absolute atomic E-state index is 0.0540. The predicted molar refractivity (Wildman–Crippen MR) is 64.7 cm³/mol. The van der Waals surface area contributed by atoms with Crippen molar-refractivity contribution < 1.29 is 9.59 Å². The molecule has 0 aromatic heterocycles. The first kappa shape index (κ1) is 12.6. The van der Waals surface area contributed by atoms with Gasteiger partial charge in [0.2, 0.25) is 0 Å². The zero-order chi connectivity index (χ0) is 12.3. The number of carbonyl (C=O) groups excluding carboxylic acids is 2. The number of ketones is 2. The molecule has 16 heavy (non-hydrogen) atoms. The zero-order valence-corrected chi connectivity index (χ0v) is 10.3. The van der Waals surface area contributed by atoms with Crippen LogP contribution in [0.4, 0.5) is 0 Å². The second-order valence-electron chi connectivity index (χ2n) is 4.47. The summed E-state index contributed by atoms with van der Waals surface area (Å²) in [6.45, 7) is 7.33. The van der Waals surface area contributed by atoms with Gasteiger partial charge in [0.05, 0.1) is 0 Å². The Labute approximate surface area is 96.7 Å². The lowest BCUT2D eigenvalue weighted by molar-refractivity contribution is -0.117. The smallest absolute Gasteiger partial charge is 0.166 e. The van der Waals surface area contributed by atoms with Gasteiger partial charge in [0.1, 0.15) is 5.78 Å². The Morgan fingerprint density at radius 2 is 1.81 bits per heavy atom. The standard InChI is InChI=1S/C14H18O2/c1-9-5-6-13(8-10(9)2)14(16)11(3)7-12(4)15/h5-6,8,11H,7H2,1-4H3. The van der Waals surface area contributed by atoms with Crippen LogP contribution in [0.5, 0.6) is 0 Å². The van der Waals surface area contributed by atoms with Crippen LogP contribution < -0.4 is 0 Å². The molecule has 1 aromatic carbocycles. The normalized spacial score (nSPS) is 12.2. The molecule has 0 bridgehead atoms. The third kappa shape index (κ3) is 3.02. The highest BCUT2D eigenvalue weighted by molar-refractivity contribution is 5.99. The third-order valence-corrected chi connectivity index (χ3v) is 2.83. The molecule has 0 aliphatic heterocycles. The Morgan fingerprint density at radius 3 is 2.31 bits per heavy atom. The van der Waals surface area contributed by atoms with Crippen LogP contribution >= 0.6 is 0 Å². The molecule has 2 nitrogen and oxygen atoms in total. The quantitative estimate of drug-likeness (QED) is 0.728. The fraction of sp³-hybridized carbons (Fsp3) is 0.429. The highest BCUT2D eigenvalue weighted by atomic mass is 16.1. The fourth-order valence-electron chi connectivity index (χ4n) is 1.70. The molecular weight excluding hydrogens is 200 g/mol. The van der Waals surface area contributed by atoms with E-state index in [1.807, 2.05) is 32.0 Å². The molecule has 0 heterocycles. The van der Waals surface area contributed by atoms with Gasteiger partial charge in [0.15, 0.2) is 5.78 Å². The molecule has 0 amide bonds. The maximum absolute atomic E-state index is 12.0. The minimum atomic E-state index is -0.223. The molecule has 0 aliphatic rings. The summed E-state index contributed by atoms with van der Waals surface area (Å²) in [5, 5.41) is 0. The van der Waals surface area contributed by atoms with Gasteiger partial charge in [-0.25, -0.2) is 0 Å². The Bertz CT molecular complexity index is 419. The van der Waals surface area contributed by atoms with Gasteiger partial charge in [-0.15, -0.1) is 0 Å². The lowest BCUT2D eigenvalue weighted by atomic mass is 9.93. The summed E-state index contributed by atoms with van der Waals surface area (Å²) in [5.41, 5.74) is 2.99. The Kier molecular flexibility index (Phi) is 3.99. The van der Waals surface area contributed by atoms with Gasteiger partial charge >= 0.3 is 0 Å². The molecule has 0 aliphatic carbocycles. The summed E-state index contributed by atoms with van der Waals surface area (Å²) in [6.07, 6.45) is 0.325. The second-order valence-corrected chi connectivity index (χ2v) is 4.47. The lowest BCUT2D eigenvalue weighted by Gasteiger charge is -2.09. The molecule has 1 rings (SSSR count). The van der Waals surface area contributed by atoms with E-state index in [1.54, 1.807) is 6.92 Å². The van der Waals surface area contributed by atoms with Crippen molar-refractivity contribution in [3.05, 3.63) is 34.9 Å². The van der Waals surface area contributed by atoms with E-state index in [0.717, 1.165) is 5.56 Å². The van der Waals surface area contributed by atoms with Gasteiger partial charge in [-0.3, -0.25) is 4.79 Å². The van der Waals surface area contributed by atoms with Gasteiger partial charge in [-0.05, 0) is 38.0 Å².